The van der Waals surface area contributed by atoms with Crippen LogP contribution in [0.1, 0.15) is 29.8 Å². The van der Waals surface area contributed by atoms with E-state index in [0.717, 1.165) is 12.8 Å². The summed E-state index contributed by atoms with van der Waals surface area (Å²) in [5.74, 6) is 0.251. The molecular formula is C18H19FN2O3. The van der Waals surface area contributed by atoms with E-state index in [0.29, 0.717) is 29.2 Å². The lowest BCUT2D eigenvalue weighted by molar-refractivity contribution is 0.0903. The SMILES string of the molecule is COc1ccc(-c2ccc(C(=O)NC3CC4CCC3N4)o2)c(F)c1. The summed E-state index contributed by atoms with van der Waals surface area (Å²) in [6.45, 7) is 0. The van der Waals surface area contributed by atoms with Gasteiger partial charge in [0.1, 0.15) is 17.3 Å². The second-order valence-electron chi connectivity index (χ2n) is 6.37. The van der Waals surface area contributed by atoms with Crippen LogP contribution in [-0.2, 0) is 0 Å². The average Bonchev–Trinajstić information content (AvgIpc) is 3.31. The number of ether oxygens (including phenoxy) is 1. The zero-order valence-corrected chi connectivity index (χ0v) is 13.3. The summed E-state index contributed by atoms with van der Waals surface area (Å²) in [7, 11) is 1.48. The number of hydrogen-bond acceptors (Lipinski definition) is 4. The first-order valence-electron chi connectivity index (χ1n) is 8.14. The van der Waals surface area contributed by atoms with Crippen molar-refractivity contribution >= 4 is 5.91 Å². The largest absolute Gasteiger partial charge is 0.497 e. The molecule has 126 valence electrons. The van der Waals surface area contributed by atoms with Crippen LogP contribution in [0.4, 0.5) is 4.39 Å². The summed E-state index contributed by atoms with van der Waals surface area (Å²) < 4.78 is 24.7. The van der Waals surface area contributed by atoms with Crippen molar-refractivity contribution in [3.8, 4) is 17.1 Å². The van der Waals surface area contributed by atoms with Gasteiger partial charge in [-0.05, 0) is 43.5 Å². The first kappa shape index (κ1) is 15.2. The molecule has 2 bridgehead atoms. The van der Waals surface area contributed by atoms with Crippen LogP contribution in [0.3, 0.4) is 0 Å². The van der Waals surface area contributed by atoms with Crippen LogP contribution in [0.15, 0.2) is 34.7 Å². The number of benzene rings is 1. The Morgan fingerprint density at radius 3 is 2.88 bits per heavy atom. The summed E-state index contributed by atoms with van der Waals surface area (Å²) >= 11 is 0. The minimum absolute atomic E-state index is 0.141. The summed E-state index contributed by atoms with van der Waals surface area (Å²) in [6, 6.07) is 8.72. The number of halogens is 1. The number of nitrogens with one attached hydrogen (secondary N) is 2. The maximum Gasteiger partial charge on any atom is 0.287 e. The minimum atomic E-state index is -0.451. The standard InChI is InChI=1S/C18H19FN2O3/c1-23-11-3-4-12(13(19)9-11)16-6-7-17(24-16)18(22)21-15-8-10-2-5-14(15)20-10/h3-4,6-7,9-10,14-15,20H,2,5,8H2,1H3,(H,21,22). The summed E-state index contributed by atoms with van der Waals surface area (Å²) in [6.07, 6.45) is 3.23. The van der Waals surface area contributed by atoms with Crippen molar-refractivity contribution in [1.82, 2.24) is 10.6 Å². The zero-order chi connectivity index (χ0) is 16.7. The first-order valence-corrected chi connectivity index (χ1v) is 8.14. The molecule has 5 nitrogen and oxygen atoms in total. The molecule has 4 rings (SSSR count). The Kier molecular flexibility index (Phi) is 3.76. The number of rotatable bonds is 4. The lowest BCUT2D eigenvalue weighted by Gasteiger charge is -2.20. The number of furan rings is 1. The maximum atomic E-state index is 14.1. The van der Waals surface area contributed by atoms with E-state index >= 15 is 0 Å². The highest BCUT2D eigenvalue weighted by molar-refractivity contribution is 5.92. The highest BCUT2D eigenvalue weighted by atomic mass is 19.1. The minimum Gasteiger partial charge on any atom is -0.497 e. The molecule has 6 heteroatoms. The number of carbonyl (C=O) groups is 1. The van der Waals surface area contributed by atoms with Crippen LogP contribution in [-0.4, -0.2) is 31.1 Å². The molecule has 2 aliphatic heterocycles. The summed E-state index contributed by atoms with van der Waals surface area (Å²) in [4.78, 5) is 12.4. The fourth-order valence-corrected chi connectivity index (χ4v) is 3.65. The van der Waals surface area contributed by atoms with Gasteiger partial charge in [0.25, 0.3) is 5.91 Å². The molecule has 1 amide bonds. The Bertz CT molecular complexity index is 773. The molecule has 0 radical (unpaired) electrons. The van der Waals surface area contributed by atoms with Gasteiger partial charge in [0, 0.05) is 24.2 Å². The van der Waals surface area contributed by atoms with Crippen molar-refractivity contribution in [2.75, 3.05) is 7.11 Å². The van der Waals surface area contributed by atoms with Crippen LogP contribution in [0.5, 0.6) is 5.75 Å². The predicted octanol–water partition coefficient (Wildman–Crippen LogP) is 2.72. The van der Waals surface area contributed by atoms with Gasteiger partial charge < -0.3 is 19.8 Å². The lowest BCUT2D eigenvalue weighted by atomic mass is 9.95. The van der Waals surface area contributed by atoms with Crippen LogP contribution in [0.25, 0.3) is 11.3 Å². The molecular weight excluding hydrogens is 311 g/mol. The second kappa shape index (κ2) is 5.94. The molecule has 1 aromatic carbocycles. The molecule has 0 spiro atoms. The van der Waals surface area contributed by atoms with Gasteiger partial charge in [0.2, 0.25) is 0 Å². The Hall–Kier alpha value is -2.34. The van der Waals surface area contributed by atoms with Gasteiger partial charge in [0.15, 0.2) is 5.76 Å². The Morgan fingerprint density at radius 1 is 1.33 bits per heavy atom. The third-order valence-corrected chi connectivity index (χ3v) is 4.89. The lowest BCUT2D eigenvalue weighted by Crippen LogP contribution is -2.42. The molecule has 3 unspecified atom stereocenters. The van der Waals surface area contributed by atoms with E-state index in [1.54, 1.807) is 24.3 Å². The quantitative estimate of drug-likeness (QED) is 0.905. The molecule has 3 heterocycles. The zero-order valence-electron chi connectivity index (χ0n) is 13.3. The molecule has 2 saturated heterocycles. The van der Waals surface area contributed by atoms with E-state index in [1.807, 2.05) is 0 Å². The monoisotopic (exact) mass is 330 g/mol. The number of carbonyl (C=O) groups excluding carboxylic acids is 1. The smallest absolute Gasteiger partial charge is 0.287 e. The van der Waals surface area contributed by atoms with Crippen molar-refractivity contribution < 1.29 is 18.3 Å². The molecule has 24 heavy (non-hydrogen) atoms. The number of fused-ring (bicyclic) bond motifs is 2. The van der Waals surface area contributed by atoms with Gasteiger partial charge in [-0.25, -0.2) is 4.39 Å². The van der Waals surface area contributed by atoms with Gasteiger partial charge in [-0.2, -0.15) is 0 Å². The van der Waals surface area contributed by atoms with Crippen molar-refractivity contribution in [2.45, 2.75) is 37.4 Å². The topological polar surface area (TPSA) is 63.5 Å². The van der Waals surface area contributed by atoms with Crippen molar-refractivity contribution in [3.63, 3.8) is 0 Å². The van der Waals surface area contributed by atoms with Crippen molar-refractivity contribution in [1.29, 1.82) is 0 Å². The Morgan fingerprint density at radius 2 is 2.21 bits per heavy atom. The molecule has 2 aromatic rings. The molecule has 1 aromatic heterocycles. The van der Waals surface area contributed by atoms with E-state index < -0.39 is 5.82 Å². The molecule has 0 saturated carbocycles. The fourth-order valence-electron chi connectivity index (χ4n) is 3.65. The van der Waals surface area contributed by atoms with Crippen LogP contribution in [0.2, 0.25) is 0 Å². The highest BCUT2D eigenvalue weighted by Gasteiger charge is 2.39. The fraction of sp³-hybridized carbons (Fsp3) is 0.389. The number of hydrogen-bond donors (Lipinski definition) is 2. The van der Waals surface area contributed by atoms with Gasteiger partial charge in [-0.1, -0.05) is 0 Å². The van der Waals surface area contributed by atoms with E-state index in [-0.39, 0.29) is 17.7 Å². The van der Waals surface area contributed by atoms with E-state index in [9.17, 15) is 9.18 Å². The molecule has 2 N–H and O–H groups in total. The van der Waals surface area contributed by atoms with E-state index in [2.05, 4.69) is 10.6 Å². The van der Waals surface area contributed by atoms with Crippen LogP contribution < -0.4 is 15.4 Å². The third kappa shape index (κ3) is 2.67. The average molecular weight is 330 g/mol. The predicted molar refractivity (Wildman–Crippen MR) is 86.5 cm³/mol. The van der Waals surface area contributed by atoms with Crippen LogP contribution in [0, 0.1) is 5.82 Å². The van der Waals surface area contributed by atoms with Gasteiger partial charge >= 0.3 is 0 Å². The van der Waals surface area contributed by atoms with Crippen molar-refractivity contribution in [3.05, 3.63) is 41.9 Å². The van der Waals surface area contributed by atoms with E-state index in [4.69, 9.17) is 9.15 Å². The van der Waals surface area contributed by atoms with Gasteiger partial charge in [-0.3, -0.25) is 4.79 Å². The summed E-state index contributed by atoms with van der Waals surface area (Å²) in [5, 5.41) is 6.49. The van der Waals surface area contributed by atoms with Crippen molar-refractivity contribution in [2.24, 2.45) is 0 Å². The third-order valence-electron chi connectivity index (χ3n) is 4.89. The maximum absolute atomic E-state index is 14.1. The second-order valence-corrected chi connectivity index (χ2v) is 6.37. The Balaban J connectivity index is 1.49. The van der Waals surface area contributed by atoms with Crippen LogP contribution >= 0.6 is 0 Å². The summed E-state index contributed by atoms with van der Waals surface area (Å²) in [5.41, 5.74) is 0.302. The number of amides is 1. The van der Waals surface area contributed by atoms with Gasteiger partial charge in [0.05, 0.1) is 12.7 Å². The normalized spacial score (nSPS) is 25.0. The molecule has 2 aliphatic rings. The molecule has 2 fully saturated rings. The highest BCUT2D eigenvalue weighted by Crippen LogP contribution is 2.30. The Labute approximate surface area is 139 Å². The van der Waals surface area contributed by atoms with Gasteiger partial charge in [-0.15, -0.1) is 0 Å². The molecule has 3 atom stereocenters. The first-order chi connectivity index (χ1) is 11.6. The van der Waals surface area contributed by atoms with E-state index in [1.165, 1.54) is 19.6 Å². The molecule has 0 aliphatic carbocycles. The number of methoxy groups -OCH3 is 1.